The summed E-state index contributed by atoms with van der Waals surface area (Å²) in [7, 11) is 0. The molecule has 0 radical (unpaired) electrons. The van der Waals surface area contributed by atoms with Crippen LogP contribution < -0.4 is 0 Å². The van der Waals surface area contributed by atoms with Crippen LogP contribution in [0.5, 0.6) is 0 Å². The van der Waals surface area contributed by atoms with Gasteiger partial charge >= 0.3 is 0 Å². The maximum atomic E-state index is 13.5. The summed E-state index contributed by atoms with van der Waals surface area (Å²) in [6, 6.07) is 16.9. The first-order valence-electron chi connectivity index (χ1n) is 11.3. The molecule has 0 spiro atoms. The first-order chi connectivity index (χ1) is 16.1. The average molecular weight is 461 g/mol. The van der Waals surface area contributed by atoms with Crippen LogP contribution in [0.15, 0.2) is 60.8 Å². The fraction of sp³-hybridized carbons (Fsp3) is 0.308. The first kappa shape index (κ1) is 21.6. The smallest absolute Gasteiger partial charge is 0.254 e. The molecule has 2 aliphatic rings. The van der Waals surface area contributed by atoms with Gasteiger partial charge in [0.25, 0.3) is 5.91 Å². The fourth-order valence-electron chi connectivity index (χ4n) is 4.70. The lowest BCUT2D eigenvalue weighted by Gasteiger charge is -2.25. The molecule has 1 atom stereocenters. The molecule has 0 bridgehead atoms. The number of likely N-dealkylation sites (tertiary alicyclic amines) is 2. The largest absolute Gasteiger partial charge is 0.338 e. The molecule has 1 aromatic heterocycles. The van der Waals surface area contributed by atoms with Gasteiger partial charge in [0, 0.05) is 48.4 Å². The van der Waals surface area contributed by atoms with E-state index in [9.17, 15) is 9.59 Å². The Morgan fingerprint density at radius 1 is 1.06 bits per heavy atom. The highest BCUT2D eigenvalue weighted by molar-refractivity contribution is 6.30. The maximum Gasteiger partial charge on any atom is 0.254 e. The highest BCUT2D eigenvalue weighted by Crippen LogP contribution is 2.33. The fourth-order valence-corrected chi connectivity index (χ4v) is 4.89. The van der Waals surface area contributed by atoms with E-state index in [4.69, 9.17) is 16.6 Å². The van der Waals surface area contributed by atoms with E-state index in [2.05, 4.69) is 4.98 Å². The Morgan fingerprint density at radius 2 is 1.94 bits per heavy atom. The molecule has 3 aromatic rings. The van der Waals surface area contributed by atoms with Crippen molar-refractivity contribution in [3.05, 3.63) is 82.6 Å². The Labute approximate surface area is 198 Å². The Kier molecular flexibility index (Phi) is 6.09. The minimum Gasteiger partial charge on any atom is -0.338 e. The third kappa shape index (κ3) is 4.62. The summed E-state index contributed by atoms with van der Waals surface area (Å²) in [6.45, 7) is 2.03. The van der Waals surface area contributed by atoms with Crippen LogP contribution in [-0.4, -0.2) is 44.7 Å². The first-order valence-corrected chi connectivity index (χ1v) is 11.7. The standard InChI is InChI=1S/C26H25ClN4O2/c27-21-8-2-6-19(16-21)25-28-12-11-22(29-25)23-9-3-14-31(23)26(33)20-7-1-5-18(15-20)17-30-13-4-10-24(30)32/h1-2,5-8,11-12,15-16,23H,3-4,9-10,13-14,17H2/t23-/m1/s1. The molecule has 2 aromatic carbocycles. The topological polar surface area (TPSA) is 66.4 Å². The lowest BCUT2D eigenvalue weighted by molar-refractivity contribution is -0.128. The number of amides is 2. The molecule has 33 heavy (non-hydrogen) atoms. The van der Waals surface area contributed by atoms with Crippen LogP contribution >= 0.6 is 11.6 Å². The summed E-state index contributed by atoms with van der Waals surface area (Å²) in [6.07, 6.45) is 5.05. The second kappa shape index (κ2) is 9.32. The van der Waals surface area contributed by atoms with Crippen LogP contribution in [0.2, 0.25) is 5.02 Å². The van der Waals surface area contributed by atoms with Crippen molar-refractivity contribution in [2.45, 2.75) is 38.3 Å². The molecule has 0 saturated carbocycles. The molecule has 7 heteroatoms. The zero-order chi connectivity index (χ0) is 22.8. The number of halogens is 1. The van der Waals surface area contributed by atoms with Gasteiger partial charge in [-0.05, 0) is 55.2 Å². The molecule has 3 heterocycles. The SMILES string of the molecule is O=C1CCCN1Cc1cccc(C(=O)N2CCC[C@@H]2c2ccnc(-c3cccc(Cl)c3)n2)c1. The Hall–Kier alpha value is -3.25. The number of carbonyl (C=O) groups excluding carboxylic acids is 2. The molecule has 168 valence electrons. The third-order valence-electron chi connectivity index (χ3n) is 6.33. The van der Waals surface area contributed by atoms with Crippen LogP contribution in [-0.2, 0) is 11.3 Å². The van der Waals surface area contributed by atoms with Gasteiger partial charge in [-0.25, -0.2) is 9.97 Å². The molecular weight excluding hydrogens is 436 g/mol. The molecule has 6 nitrogen and oxygen atoms in total. The Bertz CT molecular complexity index is 1200. The quantitative estimate of drug-likeness (QED) is 0.543. The normalized spacial score (nSPS) is 18.2. The van der Waals surface area contributed by atoms with E-state index >= 15 is 0 Å². The highest BCUT2D eigenvalue weighted by Gasteiger charge is 2.32. The molecule has 2 amide bonds. The third-order valence-corrected chi connectivity index (χ3v) is 6.57. The number of hydrogen-bond acceptors (Lipinski definition) is 4. The summed E-state index contributed by atoms with van der Waals surface area (Å²) >= 11 is 6.14. The average Bonchev–Trinajstić information content (AvgIpc) is 3.48. The molecule has 0 unspecified atom stereocenters. The number of hydrogen-bond donors (Lipinski definition) is 0. The predicted octanol–water partition coefficient (Wildman–Crippen LogP) is 4.90. The van der Waals surface area contributed by atoms with Crippen LogP contribution in [0.25, 0.3) is 11.4 Å². The summed E-state index contributed by atoms with van der Waals surface area (Å²) in [5, 5.41) is 0.634. The van der Waals surface area contributed by atoms with Crippen molar-refractivity contribution in [3.63, 3.8) is 0 Å². The molecular formula is C26H25ClN4O2. The van der Waals surface area contributed by atoms with Crippen molar-refractivity contribution < 1.29 is 9.59 Å². The summed E-state index contributed by atoms with van der Waals surface area (Å²) in [5.74, 6) is 0.784. The van der Waals surface area contributed by atoms with E-state index in [1.54, 1.807) is 6.20 Å². The van der Waals surface area contributed by atoms with Crippen LogP contribution in [0, 0.1) is 0 Å². The number of nitrogens with zero attached hydrogens (tertiary/aromatic N) is 4. The molecule has 0 N–H and O–H groups in total. The van der Waals surface area contributed by atoms with E-state index in [1.165, 1.54) is 0 Å². The van der Waals surface area contributed by atoms with Gasteiger partial charge in [0.15, 0.2) is 5.82 Å². The molecule has 5 rings (SSSR count). The maximum absolute atomic E-state index is 13.5. The summed E-state index contributed by atoms with van der Waals surface area (Å²) < 4.78 is 0. The minimum atomic E-state index is -0.0951. The van der Waals surface area contributed by atoms with Crippen molar-refractivity contribution in [3.8, 4) is 11.4 Å². The molecule has 2 aliphatic heterocycles. The zero-order valence-electron chi connectivity index (χ0n) is 18.3. The van der Waals surface area contributed by atoms with Gasteiger partial charge in [-0.15, -0.1) is 0 Å². The van der Waals surface area contributed by atoms with E-state index in [-0.39, 0.29) is 17.9 Å². The molecule has 0 aliphatic carbocycles. The van der Waals surface area contributed by atoms with Gasteiger partial charge in [0.05, 0.1) is 11.7 Å². The van der Waals surface area contributed by atoms with Crippen molar-refractivity contribution in [1.82, 2.24) is 19.8 Å². The second-order valence-electron chi connectivity index (χ2n) is 8.59. The van der Waals surface area contributed by atoms with Gasteiger partial charge in [0.1, 0.15) is 0 Å². The van der Waals surface area contributed by atoms with Gasteiger partial charge in [-0.3, -0.25) is 9.59 Å². The summed E-state index contributed by atoms with van der Waals surface area (Å²) in [4.78, 5) is 38.4. The van der Waals surface area contributed by atoms with Crippen molar-refractivity contribution in [2.75, 3.05) is 13.1 Å². The number of rotatable bonds is 5. The second-order valence-corrected chi connectivity index (χ2v) is 9.03. The van der Waals surface area contributed by atoms with E-state index in [1.807, 2.05) is 64.4 Å². The Balaban J connectivity index is 1.37. The number of aromatic nitrogens is 2. The van der Waals surface area contributed by atoms with Crippen molar-refractivity contribution in [2.24, 2.45) is 0 Å². The number of carbonyl (C=O) groups is 2. The van der Waals surface area contributed by atoms with Gasteiger partial charge in [-0.2, -0.15) is 0 Å². The molecule has 2 saturated heterocycles. The molecule has 2 fully saturated rings. The van der Waals surface area contributed by atoms with E-state index in [0.29, 0.717) is 35.9 Å². The van der Waals surface area contributed by atoms with Crippen LogP contribution in [0.4, 0.5) is 0 Å². The van der Waals surface area contributed by atoms with Crippen molar-refractivity contribution in [1.29, 1.82) is 0 Å². The van der Waals surface area contributed by atoms with Crippen LogP contribution in [0.3, 0.4) is 0 Å². The van der Waals surface area contributed by atoms with E-state index in [0.717, 1.165) is 42.6 Å². The lowest BCUT2D eigenvalue weighted by Crippen LogP contribution is -2.31. The Morgan fingerprint density at radius 3 is 2.76 bits per heavy atom. The lowest BCUT2D eigenvalue weighted by atomic mass is 10.1. The minimum absolute atomic E-state index is 0.00461. The van der Waals surface area contributed by atoms with Crippen molar-refractivity contribution >= 4 is 23.4 Å². The zero-order valence-corrected chi connectivity index (χ0v) is 19.0. The number of benzene rings is 2. The monoisotopic (exact) mass is 460 g/mol. The van der Waals surface area contributed by atoms with E-state index < -0.39 is 0 Å². The van der Waals surface area contributed by atoms with Gasteiger partial charge in [0.2, 0.25) is 5.91 Å². The van der Waals surface area contributed by atoms with Gasteiger partial charge in [-0.1, -0.05) is 35.9 Å². The van der Waals surface area contributed by atoms with Gasteiger partial charge < -0.3 is 9.80 Å². The highest BCUT2D eigenvalue weighted by atomic mass is 35.5. The predicted molar refractivity (Wildman–Crippen MR) is 127 cm³/mol. The van der Waals surface area contributed by atoms with Crippen LogP contribution in [0.1, 0.15) is 53.3 Å². The summed E-state index contributed by atoms with van der Waals surface area (Å²) in [5.41, 5.74) is 3.32.